The highest BCUT2D eigenvalue weighted by Crippen LogP contribution is 2.49. The van der Waals surface area contributed by atoms with Crippen molar-refractivity contribution in [3.8, 4) is 17.2 Å². The van der Waals surface area contributed by atoms with Crippen molar-refractivity contribution in [1.82, 2.24) is 25.5 Å². The Kier molecular flexibility index (Phi) is 17.6. The number of β-lactam (4-membered cyclic amide) rings is 1. The van der Waals surface area contributed by atoms with Crippen LogP contribution in [0.15, 0.2) is 87.4 Å². The number of thioether (sulfide) groups is 1. The SMILES string of the molecule is COc1ccc(COC(=O)C2=C(C[N+]34CCC(CNC(=O)c5cc(=O)c(OCc6ccc(OC)cc6)c[nH]5)(CC3)CC4)[C@H](C)S[C@@H]3[C@H](NC(=O)/C(=N\OC(C)(C)C(=O)OC(C)(C)C)c4csc(NC(=O)OC(C)(C)C)n4)C(=O)N23)cc1. The smallest absolute Gasteiger partial charge is 0.413 e. The van der Waals surface area contributed by atoms with Gasteiger partial charge in [0.15, 0.2) is 16.6 Å². The van der Waals surface area contributed by atoms with E-state index in [4.69, 9.17) is 33.3 Å². The first-order chi connectivity index (χ1) is 38.2. The van der Waals surface area contributed by atoms with Crippen molar-refractivity contribution in [3.05, 3.63) is 110 Å². The van der Waals surface area contributed by atoms with Gasteiger partial charge in [0.1, 0.15) is 71.0 Å². The standard InChI is InChI=1S/C57H70N8O14S2/c1-33-38(28-65-23-20-57(21-24-65,22-25-65)32-59-46(67)39-26-41(66)42(27-58-39)75-29-34-12-16-36(73-10)17-13-34)45(50(70)76-30-35-14-18-37(74-11)19-15-35)64-48(69)44(49(64)81-33)61-47(68)43(63-79-56(8,9)51(71)77-54(2,3)4)40-31-80-52(60-40)62-53(72)78-55(5,6)7/h12-19,26-27,31,33,44,49H,20-25,28-30,32H2,1-11H3,(H3-,58,59,60,61,62,66,67,68,72)/p+1/b63-43-/t33-,44+,49+,57?,65?/m0/s1. The fourth-order valence-electron chi connectivity index (χ4n) is 9.77. The lowest BCUT2D eigenvalue weighted by atomic mass is 9.70. The molecule has 2 aromatic heterocycles. The first-order valence-corrected chi connectivity index (χ1v) is 28.4. The second kappa shape index (κ2) is 23.9. The molecule has 24 heteroatoms. The molecule has 2 bridgehead atoms. The number of methoxy groups -OCH3 is 2. The number of amides is 4. The van der Waals surface area contributed by atoms with Crippen LogP contribution in [0.4, 0.5) is 9.93 Å². The highest BCUT2D eigenvalue weighted by molar-refractivity contribution is 8.00. The van der Waals surface area contributed by atoms with Gasteiger partial charge in [-0.1, -0.05) is 29.4 Å². The zero-order valence-corrected chi connectivity index (χ0v) is 49.1. The van der Waals surface area contributed by atoms with Gasteiger partial charge in [-0.15, -0.1) is 23.1 Å². The number of esters is 2. The van der Waals surface area contributed by atoms with Crippen LogP contribution in [-0.2, 0) is 51.4 Å². The molecule has 7 heterocycles. The minimum absolute atomic E-state index is 0.0420. The van der Waals surface area contributed by atoms with Gasteiger partial charge in [-0.3, -0.25) is 29.4 Å². The normalized spacial score (nSPS) is 21.7. The first-order valence-electron chi connectivity index (χ1n) is 26.6. The number of thiazole rings is 1. The van der Waals surface area contributed by atoms with E-state index in [1.54, 1.807) is 92.2 Å². The van der Waals surface area contributed by atoms with Crippen LogP contribution in [0.1, 0.15) is 109 Å². The maximum Gasteiger partial charge on any atom is 0.413 e. The van der Waals surface area contributed by atoms with Crippen molar-refractivity contribution in [2.75, 3.05) is 52.3 Å². The number of anilines is 1. The molecule has 9 rings (SSSR count). The third-order valence-corrected chi connectivity index (χ3v) is 16.6. The van der Waals surface area contributed by atoms with E-state index in [9.17, 15) is 33.6 Å². The second-order valence-corrected chi connectivity index (χ2v) is 25.5. The molecule has 4 N–H and O–H groups in total. The first kappa shape index (κ1) is 59.7. The maximum absolute atomic E-state index is 14.6. The molecule has 5 aliphatic heterocycles. The summed E-state index contributed by atoms with van der Waals surface area (Å²) in [6.07, 6.45) is 2.97. The fraction of sp³-hybridized carbons (Fsp3) is 0.491. The van der Waals surface area contributed by atoms with Crippen molar-refractivity contribution < 1.29 is 66.5 Å². The number of ether oxygens (including phenoxy) is 6. The lowest BCUT2D eigenvalue weighted by molar-refractivity contribution is -0.941. The van der Waals surface area contributed by atoms with Crippen LogP contribution in [0, 0.1) is 5.41 Å². The van der Waals surface area contributed by atoms with E-state index in [1.165, 1.54) is 48.2 Å². The summed E-state index contributed by atoms with van der Waals surface area (Å²) in [7, 11) is 3.14. The molecule has 4 saturated heterocycles. The zero-order chi connectivity index (χ0) is 58.7. The molecule has 4 aromatic rings. The number of benzene rings is 2. The number of quaternary nitrogens is 1. The van der Waals surface area contributed by atoms with Crippen LogP contribution in [0.25, 0.3) is 0 Å². The molecular formula is C57H71N8O14S2+. The van der Waals surface area contributed by atoms with E-state index in [2.05, 4.69) is 31.1 Å². The molecule has 5 aliphatic rings. The Bertz CT molecular complexity index is 3130. The van der Waals surface area contributed by atoms with Crippen LogP contribution in [0.3, 0.4) is 0 Å². The van der Waals surface area contributed by atoms with Gasteiger partial charge < -0.3 is 53.4 Å². The lowest BCUT2D eigenvalue weighted by Crippen LogP contribution is -2.72. The Labute approximate surface area is 478 Å². The Morgan fingerprint density at radius 2 is 1.46 bits per heavy atom. The van der Waals surface area contributed by atoms with Crippen molar-refractivity contribution >= 4 is 69.7 Å². The monoisotopic (exact) mass is 1160 g/mol. The van der Waals surface area contributed by atoms with Crippen molar-refractivity contribution in [2.24, 2.45) is 10.6 Å². The topological polar surface area (TPSA) is 264 Å². The number of pyridine rings is 1. The number of carbonyl (C=O) groups is 6. The zero-order valence-electron chi connectivity index (χ0n) is 47.5. The fourth-order valence-corrected chi connectivity index (χ4v) is 11.9. The van der Waals surface area contributed by atoms with Gasteiger partial charge in [0.25, 0.3) is 17.7 Å². The number of fused-ring (bicyclic) bond motifs is 4. The molecule has 4 amide bonds. The summed E-state index contributed by atoms with van der Waals surface area (Å²) in [6.45, 7) is 18.2. The number of piperidine rings is 3. The summed E-state index contributed by atoms with van der Waals surface area (Å²) < 4.78 is 33.8. The summed E-state index contributed by atoms with van der Waals surface area (Å²) >= 11 is 2.40. The number of rotatable bonds is 20. The number of carbonyl (C=O) groups excluding carboxylic acids is 6. The lowest BCUT2D eigenvalue weighted by Gasteiger charge is -2.57. The van der Waals surface area contributed by atoms with Crippen LogP contribution in [-0.4, -0.2) is 141 Å². The molecule has 0 aliphatic carbocycles. The highest BCUT2D eigenvalue weighted by Gasteiger charge is 2.58. The summed E-state index contributed by atoms with van der Waals surface area (Å²) in [4.78, 5) is 110. The van der Waals surface area contributed by atoms with Gasteiger partial charge >= 0.3 is 18.0 Å². The Balaban J connectivity index is 0.978. The molecule has 0 spiro atoms. The molecule has 3 atom stereocenters. The third kappa shape index (κ3) is 14.4. The number of H-pyrrole nitrogens is 1. The minimum Gasteiger partial charge on any atom is -0.497 e. The van der Waals surface area contributed by atoms with Gasteiger partial charge in [0.05, 0.1) is 33.9 Å². The number of aromatic nitrogens is 2. The average molecular weight is 1160 g/mol. The summed E-state index contributed by atoms with van der Waals surface area (Å²) in [5, 5.41) is 13.0. The predicted molar refractivity (Wildman–Crippen MR) is 302 cm³/mol. The number of hydrogen-bond acceptors (Lipinski definition) is 18. The Morgan fingerprint density at radius 3 is 2.04 bits per heavy atom. The quantitative estimate of drug-likeness (QED) is 0.0176. The molecular weight excluding hydrogens is 1080 g/mol. The van der Waals surface area contributed by atoms with Crippen molar-refractivity contribution in [2.45, 2.75) is 128 Å². The Morgan fingerprint density at radius 1 is 0.852 bits per heavy atom. The average Bonchev–Trinajstić information content (AvgIpc) is 2.37. The predicted octanol–water partition coefficient (Wildman–Crippen LogP) is 6.83. The van der Waals surface area contributed by atoms with Crippen LogP contribution in [0.5, 0.6) is 17.2 Å². The number of oxime groups is 1. The van der Waals surface area contributed by atoms with Gasteiger partial charge in [-0.2, -0.15) is 0 Å². The van der Waals surface area contributed by atoms with E-state index in [0.717, 1.165) is 61.4 Å². The van der Waals surface area contributed by atoms with Crippen molar-refractivity contribution in [1.29, 1.82) is 0 Å². The van der Waals surface area contributed by atoms with Crippen LogP contribution in [0.2, 0.25) is 0 Å². The van der Waals surface area contributed by atoms with E-state index < -0.39 is 75.1 Å². The molecule has 0 radical (unpaired) electrons. The van der Waals surface area contributed by atoms with E-state index in [0.29, 0.717) is 34.6 Å². The third-order valence-electron chi connectivity index (χ3n) is 14.4. The van der Waals surface area contributed by atoms with Crippen molar-refractivity contribution in [3.63, 3.8) is 0 Å². The molecule has 0 saturated carbocycles. The van der Waals surface area contributed by atoms with Gasteiger partial charge in [0.2, 0.25) is 11.0 Å². The van der Waals surface area contributed by atoms with E-state index in [-0.39, 0.29) is 51.8 Å². The molecule has 434 valence electrons. The highest BCUT2D eigenvalue weighted by atomic mass is 32.2. The van der Waals surface area contributed by atoms with Crippen LogP contribution >= 0.6 is 23.1 Å². The van der Waals surface area contributed by atoms with E-state index >= 15 is 0 Å². The number of nitrogens with zero attached hydrogens (tertiary/aromatic N) is 4. The Hall–Kier alpha value is -7.44. The summed E-state index contributed by atoms with van der Waals surface area (Å²) in [6, 6.07) is 14.5. The summed E-state index contributed by atoms with van der Waals surface area (Å²) in [5.41, 5.74) is -1.89. The van der Waals surface area contributed by atoms with E-state index in [1.807, 2.05) is 19.1 Å². The maximum atomic E-state index is 14.6. The minimum atomic E-state index is -1.69. The number of aromatic amines is 1. The van der Waals surface area contributed by atoms with Crippen LogP contribution < -0.4 is 35.6 Å². The number of hydrogen-bond donors (Lipinski definition) is 4. The molecule has 0 unspecified atom stereocenters. The molecule has 2 aromatic carbocycles. The largest absolute Gasteiger partial charge is 0.497 e. The molecule has 22 nitrogen and oxygen atoms in total. The van der Waals surface area contributed by atoms with Gasteiger partial charge in [0, 0.05) is 59.7 Å². The molecule has 4 fully saturated rings. The second-order valence-electron chi connectivity index (χ2n) is 23.1. The van der Waals surface area contributed by atoms with Gasteiger partial charge in [-0.25, -0.2) is 19.4 Å². The summed E-state index contributed by atoms with van der Waals surface area (Å²) in [5.74, 6) is -1.87. The van der Waals surface area contributed by atoms with Gasteiger partial charge in [-0.05, 0) is 97.7 Å². The number of nitrogens with one attached hydrogen (secondary N) is 4. The molecule has 81 heavy (non-hydrogen) atoms.